The average Bonchev–Trinajstić information content (AvgIpc) is 1.70. The fourth-order valence-corrected chi connectivity index (χ4v) is 10.9. The molecule has 530 valence electrons. The average molecular weight is 1400 g/mol. The van der Waals surface area contributed by atoms with Crippen LogP contribution in [0.5, 0.6) is 0 Å². The van der Waals surface area contributed by atoms with Crippen LogP contribution in [0.3, 0.4) is 0 Å². The van der Waals surface area contributed by atoms with E-state index in [9.17, 15) is 14.4 Å². The minimum absolute atomic E-state index is 0. The number of alkyl halides is 2. The largest absolute Gasteiger partial charge is 0.445 e. The van der Waals surface area contributed by atoms with E-state index >= 15 is 0 Å². The highest BCUT2D eigenvalue weighted by atomic mass is 35.5. The van der Waals surface area contributed by atoms with Gasteiger partial charge < -0.3 is 24.8 Å². The number of aromatic amines is 1. The molecule has 0 unspecified atom stereocenters. The number of halogens is 2. The van der Waals surface area contributed by atoms with Crippen LogP contribution < -0.4 is 16.1 Å². The second-order valence-electron chi connectivity index (χ2n) is 22.7. The first kappa shape index (κ1) is 76.3. The fraction of sp³-hybridized carbons (Fsp3) is 0.492. The standard InChI is InChI=1S/2C14H17N5O2.C13H15N5O2.C8H11N3.2C6H11N5.CH2Cl2.CH4/c1-18-13(15-16-17-18)12-8-5-9-19(12)14(20)21-10-11-6-3-2-4-7-11;1-18-16-13(15-17-18)12-8-5-9-19(12)14(20)21-10-11-6-3-2-4-7-11;19-13(20-9-10-5-2-1-3-6-10)18-8-4-7-11(18)12-14-16-17-15-12;1-7-3-5-8(6-4-7)10-11-9-2;1-11-6(8-9-10-11)5-3-2-4-7-5;1-11-9-6(8-10-11)5-3-2-4-7-5;2-1-3;/h2*2-4,6-7,12H,5,8-10H2,1H3;1-3,5-6,11H,4,7-9H2,(H,14,15,16,17);3-6H,1-2H3,(H,9,10);2*5,7H,2-4H2,1H3;1H2;1H4/t2*12-;11-;;2*5-;;/m000.00../s1. The maximum Gasteiger partial charge on any atom is 0.410 e. The fourth-order valence-electron chi connectivity index (χ4n) is 10.9. The number of nitrogens with one attached hydrogen (secondary N) is 4. The van der Waals surface area contributed by atoms with Crippen molar-refractivity contribution in [3.8, 4) is 0 Å². The van der Waals surface area contributed by atoms with Gasteiger partial charge in [0.2, 0.25) is 0 Å². The van der Waals surface area contributed by atoms with Crippen molar-refractivity contribution >= 4 is 47.2 Å². The molecule has 4 N–H and O–H groups in total. The Balaban J connectivity index is 0.000000169. The van der Waals surface area contributed by atoms with Crippen LogP contribution in [0.15, 0.2) is 126 Å². The topological polar surface area (TPSA) is 378 Å². The Labute approximate surface area is 584 Å². The first-order valence-corrected chi connectivity index (χ1v) is 33.2. The molecule has 34 nitrogen and oxygen atoms in total. The van der Waals surface area contributed by atoms with Crippen LogP contribution >= 0.6 is 23.2 Å². The number of rotatable bonds is 13. The first-order valence-electron chi connectivity index (χ1n) is 32.1. The molecule has 4 aromatic carbocycles. The predicted octanol–water partition coefficient (Wildman–Crippen LogP) is 8.77. The molecule has 0 radical (unpaired) electrons. The zero-order chi connectivity index (χ0) is 69.3. The Kier molecular flexibility index (Phi) is 31.8. The Hall–Kier alpha value is -10.1. The maximum atomic E-state index is 12.3. The van der Waals surface area contributed by atoms with Gasteiger partial charge in [0.15, 0.2) is 29.1 Å². The highest BCUT2D eigenvalue weighted by Gasteiger charge is 2.37. The van der Waals surface area contributed by atoms with E-state index in [2.05, 4.69) is 109 Å². The van der Waals surface area contributed by atoms with Crippen molar-refractivity contribution < 1.29 is 28.6 Å². The second kappa shape index (κ2) is 41.3. The van der Waals surface area contributed by atoms with E-state index in [4.69, 9.17) is 37.4 Å². The number of nitrogens with zero attached hydrogens (tertiary/aromatic N) is 24. The molecule has 0 spiro atoms. The number of likely N-dealkylation sites (tertiary alicyclic amines) is 3. The third-order valence-electron chi connectivity index (χ3n) is 15.8. The van der Waals surface area contributed by atoms with Gasteiger partial charge in [-0.15, -0.1) is 64.0 Å². The van der Waals surface area contributed by atoms with Crippen molar-refractivity contribution in [2.75, 3.05) is 50.5 Å². The lowest BCUT2D eigenvalue weighted by Crippen LogP contribution is -2.32. The molecule has 0 bridgehead atoms. The summed E-state index contributed by atoms with van der Waals surface area (Å²) in [6.45, 7) is 7.02. The lowest BCUT2D eigenvalue weighted by molar-refractivity contribution is 0.0898. The summed E-state index contributed by atoms with van der Waals surface area (Å²) in [6.07, 6.45) is 9.03. The molecule has 14 rings (SSSR count). The van der Waals surface area contributed by atoms with Crippen LogP contribution in [0, 0.1) is 6.92 Å². The number of carbonyl (C=O) groups is 3. The number of hydrogen-bond acceptors (Lipinski definition) is 25. The van der Waals surface area contributed by atoms with Crippen LogP contribution in [0.1, 0.15) is 153 Å². The van der Waals surface area contributed by atoms with E-state index in [0.717, 1.165) is 98.5 Å². The number of hydrogen-bond donors (Lipinski definition) is 4. The van der Waals surface area contributed by atoms with Crippen molar-refractivity contribution in [2.45, 2.75) is 129 Å². The van der Waals surface area contributed by atoms with E-state index in [-0.39, 0.29) is 69.0 Å². The van der Waals surface area contributed by atoms with Crippen LogP contribution in [-0.2, 0) is 62.2 Å². The number of anilines is 1. The lowest BCUT2D eigenvalue weighted by atomic mass is 10.2. The van der Waals surface area contributed by atoms with Crippen LogP contribution in [0.4, 0.5) is 20.1 Å². The quantitative estimate of drug-likeness (QED) is 0.0362. The molecule has 5 aromatic heterocycles. The monoisotopic (exact) mass is 1400 g/mol. The molecule has 9 aromatic rings. The zero-order valence-electron chi connectivity index (χ0n) is 55.7. The Morgan fingerprint density at radius 2 is 0.960 bits per heavy atom. The van der Waals surface area contributed by atoms with E-state index in [1.165, 1.54) is 28.0 Å². The van der Waals surface area contributed by atoms with Crippen molar-refractivity contribution in [3.63, 3.8) is 0 Å². The molecule has 5 saturated heterocycles. The normalized spacial score (nSPS) is 18.0. The molecule has 5 aliphatic rings. The molecule has 5 atom stereocenters. The number of benzene rings is 4. The van der Waals surface area contributed by atoms with E-state index in [1.54, 1.807) is 52.3 Å². The van der Waals surface area contributed by atoms with Crippen LogP contribution in [0.2, 0.25) is 0 Å². The molecule has 99 heavy (non-hydrogen) atoms. The molecule has 3 amide bonds. The van der Waals surface area contributed by atoms with Gasteiger partial charge in [-0.25, -0.2) is 23.7 Å². The van der Waals surface area contributed by atoms with Gasteiger partial charge in [-0.1, -0.05) is 127 Å². The predicted molar refractivity (Wildman–Crippen MR) is 364 cm³/mol. The van der Waals surface area contributed by atoms with Gasteiger partial charge in [0, 0.05) is 33.7 Å². The third-order valence-corrected chi connectivity index (χ3v) is 15.8. The Morgan fingerprint density at radius 3 is 1.36 bits per heavy atom. The number of tetrazole rings is 5. The molecular weight excluding hydrogens is 1320 g/mol. The molecule has 0 saturated carbocycles. The van der Waals surface area contributed by atoms with Gasteiger partial charge in [-0.2, -0.15) is 19.9 Å². The summed E-state index contributed by atoms with van der Waals surface area (Å²) in [5, 5.41) is 74.5. The molecule has 36 heteroatoms. The first-order chi connectivity index (χ1) is 47.8. The van der Waals surface area contributed by atoms with Crippen molar-refractivity contribution in [2.24, 2.45) is 38.5 Å². The second-order valence-corrected chi connectivity index (χ2v) is 23.5. The summed E-state index contributed by atoms with van der Waals surface area (Å²) in [4.78, 5) is 44.6. The number of carbonyl (C=O) groups excluding carboxylic acids is 3. The van der Waals surface area contributed by atoms with Crippen molar-refractivity contribution in [1.29, 1.82) is 0 Å². The number of amides is 3. The zero-order valence-corrected chi connectivity index (χ0v) is 57.2. The number of ether oxygens (including phenoxy) is 3. The van der Waals surface area contributed by atoms with Crippen LogP contribution in [-0.4, -0.2) is 180 Å². The highest BCUT2D eigenvalue weighted by Crippen LogP contribution is 2.33. The SMILES string of the molecule is C.CN=NNc1ccc(C)cc1.ClCCl.Cn1nnc([C@@H]2CCCN2)n1.Cn1nnc([C@@H]2CCCN2C(=O)OCc2ccccc2)n1.Cn1nnnc1[C@@H]1CCCN1.Cn1nnnc1[C@@H]1CCCN1C(=O)OCc1ccccc1.O=C(OCc1ccccc1)N1CCC[C@H]1c1nn[nH]n1. The van der Waals surface area contributed by atoms with Gasteiger partial charge in [0.1, 0.15) is 19.8 Å². The van der Waals surface area contributed by atoms with Crippen molar-refractivity contribution in [3.05, 3.63) is 167 Å². The van der Waals surface area contributed by atoms with Gasteiger partial charge >= 0.3 is 18.3 Å². The summed E-state index contributed by atoms with van der Waals surface area (Å²) in [6, 6.07) is 37.2. The minimum atomic E-state index is -0.332. The lowest BCUT2D eigenvalue weighted by Gasteiger charge is -2.22. The molecule has 10 heterocycles. The Morgan fingerprint density at radius 1 is 0.525 bits per heavy atom. The summed E-state index contributed by atoms with van der Waals surface area (Å²) >= 11 is 9.53. The van der Waals surface area contributed by atoms with E-state index < -0.39 is 0 Å². The Bertz CT molecular complexity index is 3740. The van der Waals surface area contributed by atoms with Crippen molar-refractivity contribution in [1.82, 2.24) is 127 Å². The smallest absolute Gasteiger partial charge is 0.410 e. The molecule has 5 fully saturated rings. The van der Waals surface area contributed by atoms with Gasteiger partial charge in [-0.3, -0.25) is 20.1 Å². The minimum Gasteiger partial charge on any atom is -0.445 e. The molecule has 0 aliphatic carbocycles. The molecule has 5 aliphatic heterocycles. The van der Waals surface area contributed by atoms with Gasteiger partial charge in [0.25, 0.3) is 0 Å². The highest BCUT2D eigenvalue weighted by molar-refractivity contribution is 6.40. The summed E-state index contributed by atoms with van der Waals surface area (Å²) < 4.78 is 19.4. The molecular formula is C63H88Cl2N28O6. The van der Waals surface area contributed by atoms with Crippen LogP contribution in [0.25, 0.3) is 0 Å². The maximum absolute atomic E-state index is 12.3. The summed E-state index contributed by atoms with van der Waals surface area (Å²) in [5.41, 5.74) is 7.89. The summed E-state index contributed by atoms with van der Waals surface area (Å²) in [7, 11) is 8.77. The van der Waals surface area contributed by atoms with E-state index in [1.807, 2.05) is 129 Å². The third kappa shape index (κ3) is 24.2. The van der Waals surface area contributed by atoms with E-state index in [0.29, 0.717) is 49.2 Å². The number of H-pyrrole nitrogens is 1. The number of aryl methyl sites for hydroxylation is 5. The number of aromatic nitrogens is 20. The van der Waals surface area contributed by atoms with Gasteiger partial charge in [0.05, 0.1) is 62.4 Å². The summed E-state index contributed by atoms with van der Waals surface area (Å²) in [5.74, 6) is 3.59. The van der Waals surface area contributed by atoms with Gasteiger partial charge in [-0.05, 0) is 144 Å².